The van der Waals surface area contributed by atoms with E-state index in [2.05, 4.69) is 34.1 Å². The summed E-state index contributed by atoms with van der Waals surface area (Å²) in [7, 11) is 1.96. The van der Waals surface area contributed by atoms with Crippen molar-refractivity contribution in [3.63, 3.8) is 0 Å². The molecule has 0 bridgehead atoms. The number of H-pyrrole nitrogens is 1. The van der Waals surface area contributed by atoms with Crippen molar-refractivity contribution < 1.29 is 9.53 Å². The zero-order chi connectivity index (χ0) is 21.8. The average Bonchev–Trinajstić information content (AvgIpc) is 3.32. The average molecular weight is 428 g/mol. The highest BCUT2D eigenvalue weighted by molar-refractivity contribution is 6.11. The second kappa shape index (κ2) is 7.22. The Morgan fingerprint density at radius 2 is 1.97 bits per heavy atom. The van der Waals surface area contributed by atoms with Gasteiger partial charge in [0.2, 0.25) is 0 Å². The van der Waals surface area contributed by atoms with Crippen LogP contribution in [-0.4, -0.2) is 32.3 Å². The molecule has 2 aliphatic rings. The van der Waals surface area contributed by atoms with Gasteiger partial charge in [-0.3, -0.25) is 14.4 Å². The van der Waals surface area contributed by atoms with Crippen LogP contribution in [0.15, 0.2) is 48.8 Å². The number of nitrogens with zero attached hydrogens (tertiary/aromatic N) is 4. The van der Waals surface area contributed by atoms with E-state index in [0.717, 1.165) is 52.9 Å². The smallest absolute Gasteiger partial charge is 0.280 e. The fraction of sp³-hybridized carbons (Fsp3) is 0.320. The van der Waals surface area contributed by atoms with Crippen LogP contribution in [0.2, 0.25) is 0 Å². The fourth-order valence-corrected chi connectivity index (χ4v) is 4.80. The van der Waals surface area contributed by atoms with Gasteiger partial charge in [-0.05, 0) is 55.2 Å². The van der Waals surface area contributed by atoms with Crippen molar-refractivity contribution in [2.24, 2.45) is 7.05 Å². The molecule has 1 saturated carbocycles. The quantitative estimate of drug-likeness (QED) is 0.483. The van der Waals surface area contributed by atoms with E-state index < -0.39 is 0 Å². The van der Waals surface area contributed by atoms with Gasteiger partial charge in [0.1, 0.15) is 5.75 Å². The molecule has 7 heteroatoms. The molecular formula is C25H25N5O2. The van der Waals surface area contributed by atoms with Crippen LogP contribution in [0.1, 0.15) is 65.5 Å². The summed E-state index contributed by atoms with van der Waals surface area (Å²) in [4.78, 5) is 23.1. The van der Waals surface area contributed by atoms with Crippen LogP contribution in [0.4, 0.5) is 5.69 Å². The minimum absolute atomic E-state index is 0.0614. The highest BCUT2D eigenvalue weighted by Crippen LogP contribution is 2.50. The zero-order valence-electron chi connectivity index (χ0n) is 18.2. The van der Waals surface area contributed by atoms with E-state index in [1.807, 2.05) is 47.0 Å². The molecule has 1 atom stereocenters. The van der Waals surface area contributed by atoms with Crippen LogP contribution in [0.5, 0.6) is 5.75 Å². The van der Waals surface area contributed by atoms with E-state index >= 15 is 0 Å². The molecule has 2 aromatic heterocycles. The Labute approximate surface area is 186 Å². The monoisotopic (exact) mass is 427 g/mol. The van der Waals surface area contributed by atoms with Crippen LogP contribution in [0.25, 0.3) is 11.0 Å². The maximum atomic E-state index is 13.7. The lowest BCUT2D eigenvalue weighted by molar-refractivity contribution is 0.0988. The number of imidazole rings is 1. The molecule has 1 amide bonds. The first-order chi connectivity index (χ1) is 15.7. The highest BCUT2D eigenvalue weighted by atomic mass is 16.5. The van der Waals surface area contributed by atoms with Crippen LogP contribution in [0.3, 0.4) is 0 Å². The number of rotatable bonds is 6. The third-order valence-electron chi connectivity index (χ3n) is 6.40. The standard InChI is InChI=1S/C25H25N5O2/c1-3-12-32-18-9-6-16(7-10-18)24-21-22(28-29(2)23(21)15-4-5-15)25(31)30(24)17-8-11-19-20(13-17)27-14-26-19/h6-11,13-15,24H,3-5,12H2,1-2H3,(H,26,27). The largest absolute Gasteiger partial charge is 0.494 e. The van der Waals surface area contributed by atoms with Crippen molar-refractivity contribution in [3.05, 3.63) is 71.3 Å². The SMILES string of the molecule is CCCOc1ccc(C2c3c(nn(C)c3C3CC3)C(=O)N2c2ccc3[nH]cnc3c2)cc1. The first-order valence-corrected chi connectivity index (χ1v) is 11.2. The van der Waals surface area contributed by atoms with Crippen LogP contribution >= 0.6 is 0 Å². The van der Waals surface area contributed by atoms with Crippen molar-refractivity contribution in [2.45, 2.75) is 38.1 Å². The minimum atomic E-state index is -0.224. The van der Waals surface area contributed by atoms with Gasteiger partial charge in [0.05, 0.1) is 30.0 Å². The van der Waals surface area contributed by atoms with E-state index in [-0.39, 0.29) is 11.9 Å². The maximum Gasteiger partial charge on any atom is 0.280 e. The van der Waals surface area contributed by atoms with Crippen molar-refractivity contribution in [3.8, 4) is 5.75 Å². The summed E-state index contributed by atoms with van der Waals surface area (Å²) < 4.78 is 7.70. The molecule has 1 aliphatic heterocycles. The van der Waals surface area contributed by atoms with Gasteiger partial charge in [0, 0.05) is 29.9 Å². The van der Waals surface area contributed by atoms with Crippen LogP contribution < -0.4 is 9.64 Å². The summed E-state index contributed by atoms with van der Waals surface area (Å²) in [5.41, 5.74) is 6.46. The molecule has 1 N–H and O–H groups in total. The summed E-state index contributed by atoms with van der Waals surface area (Å²) in [5, 5.41) is 4.67. The third kappa shape index (κ3) is 2.92. The zero-order valence-corrected chi connectivity index (χ0v) is 18.2. The predicted molar refractivity (Wildman–Crippen MR) is 122 cm³/mol. The summed E-state index contributed by atoms with van der Waals surface area (Å²) in [6.07, 6.45) is 4.94. The fourth-order valence-electron chi connectivity index (χ4n) is 4.80. The number of carbonyl (C=O) groups excluding carboxylic acids is 1. The number of amides is 1. The predicted octanol–water partition coefficient (Wildman–Crippen LogP) is 4.71. The number of aromatic amines is 1. The van der Waals surface area contributed by atoms with Crippen LogP contribution in [-0.2, 0) is 7.05 Å². The molecular weight excluding hydrogens is 402 g/mol. The van der Waals surface area contributed by atoms with Crippen molar-refractivity contribution in [1.29, 1.82) is 0 Å². The van der Waals surface area contributed by atoms with Crippen LogP contribution in [0, 0.1) is 0 Å². The van der Waals surface area contributed by atoms with Gasteiger partial charge < -0.3 is 9.72 Å². The topological polar surface area (TPSA) is 76.0 Å². The second-order valence-electron chi connectivity index (χ2n) is 8.64. The molecule has 1 unspecified atom stereocenters. The Bertz CT molecular complexity index is 1320. The third-order valence-corrected chi connectivity index (χ3v) is 6.40. The highest BCUT2D eigenvalue weighted by Gasteiger charge is 2.46. The summed E-state index contributed by atoms with van der Waals surface area (Å²) >= 11 is 0. The lowest BCUT2D eigenvalue weighted by atomic mass is 9.96. The number of fused-ring (bicyclic) bond motifs is 2. The number of hydrogen-bond donors (Lipinski definition) is 1. The summed E-state index contributed by atoms with van der Waals surface area (Å²) in [6.45, 7) is 2.78. The normalized spacial score (nSPS) is 17.9. The first kappa shape index (κ1) is 19.1. The van der Waals surface area contributed by atoms with E-state index in [1.165, 1.54) is 5.69 Å². The Morgan fingerprint density at radius 1 is 1.16 bits per heavy atom. The number of aromatic nitrogens is 4. The Kier molecular flexibility index (Phi) is 4.31. The van der Waals surface area contributed by atoms with Gasteiger partial charge >= 0.3 is 0 Å². The Hall–Kier alpha value is -3.61. The number of nitrogens with one attached hydrogen (secondary N) is 1. The molecule has 1 fully saturated rings. The molecule has 32 heavy (non-hydrogen) atoms. The number of anilines is 1. The minimum Gasteiger partial charge on any atom is -0.494 e. The number of aryl methyl sites for hydroxylation is 1. The van der Waals surface area contributed by atoms with Crippen molar-refractivity contribution in [2.75, 3.05) is 11.5 Å². The number of benzene rings is 2. The van der Waals surface area contributed by atoms with E-state index in [4.69, 9.17) is 4.74 Å². The Balaban J connectivity index is 1.49. The molecule has 162 valence electrons. The van der Waals surface area contributed by atoms with Gasteiger partial charge in [-0.2, -0.15) is 5.10 Å². The van der Waals surface area contributed by atoms with Gasteiger partial charge in [0.25, 0.3) is 5.91 Å². The molecule has 2 aromatic carbocycles. The summed E-state index contributed by atoms with van der Waals surface area (Å²) in [5.74, 6) is 1.26. The van der Waals surface area contributed by atoms with Gasteiger partial charge in [-0.15, -0.1) is 0 Å². The second-order valence-corrected chi connectivity index (χ2v) is 8.64. The lowest BCUT2D eigenvalue weighted by Crippen LogP contribution is -2.30. The van der Waals surface area contributed by atoms with Gasteiger partial charge in [-0.25, -0.2) is 4.98 Å². The molecule has 6 rings (SSSR count). The molecule has 3 heterocycles. The molecule has 1 aliphatic carbocycles. The molecule has 4 aromatic rings. The molecule has 7 nitrogen and oxygen atoms in total. The van der Waals surface area contributed by atoms with Crippen molar-refractivity contribution >= 4 is 22.6 Å². The molecule has 0 saturated heterocycles. The van der Waals surface area contributed by atoms with Crippen molar-refractivity contribution in [1.82, 2.24) is 19.7 Å². The van der Waals surface area contributed by atoms with Gasteiger partial charge in [0.15, 0.2) is 5.69 Å². The molecule has 0 spiro atoms. The molecule has 0 radical (unpaired) electrons. The van der Waals surface area contributed by atoms with E-state index in [1.54, 1.807) is 6.33 Å². The Morgan fingerprint density at radius 3 is 2.72 bits per heavy atom. The summed E-state index contributed by atoms with van der Waals surface area (Å²) in [6, 6.07) is 13.8. The van der Waals surface area contributed by atoms with E-state index in [9.17, 15) is 4.79 Å². The van der Waals surface area contributed by atoms with E-state index in [0.29, 0.717) is 18.2 Å². The first-order valence-electron chi connectivity index (χ1n) is 11.2. The number of carbonyl (C=O) groups is 1. The number of hydrogen-bond acceptors (Lipinski definition) is 4. The maximum absolute atomic E-state index is 13.7. The number of ether oxygens (including phenoxy) is 1. The van der Waals surface area contributed by atoms with Gasteiger partial charge in [-0.1, -0.05) is 19.1 Å². The lowest BCUT2D eigenvalue weighted by Gasteiger charge is -2.27.